The molecule has 2 aliphatic rings. The molecular formula is C17H21F2NO6. The molecule has 0 unspecified atom stereocenters. The van der Waals surface area contributed by atoms with Gasteiger partial charge in [0.2, 0.25) is 0 Å². The predicted octanol–water partition coefficient (Wildman–Crippen LogP) is -0.702. The van der Waals surface area contributed by atoms with E-state index in [1.165, 1.54) is 4.90 Å². The topological polar surface area (TPSA) is 110 Å². The Hall–Kier alpha value is -1.65. The lowest BCUT2D eigenvalue weighted by atomic mass is 9.75. The van der Waals surface area contributed by atoms with Gasteiger partial charge < -0.3 is 25.2 Å². The molecule has 0 amide bonds. The van der Waals surface area contributed by atoms with Crippen LogP contribution in [0, 0.1) is 11.6 Å². The number of esters is 1. The summed E-state index contributed by atoms with van der Waals surface area (Å²) in [4.78, 5) is 13.5. The summed E-state index contributed by atoms with van der Waals surface area (Å²) in [6.07, 6.45) is -5.05. The zero-order valence-corrected chi connectivity index (χ0v) is 14.0. The number of carbonyl (C=O) groups is 1. The molecule has 0 spiro atoms. The van der Waals surface area contributed by atoms with Crippen LogP contribution in [-0.4, -0.2) is 74.4 Å². The van der Waals surface area contributed by atoms with Crippen LogP contribution < -0.4 is 0 Å². The van der Waals surface area contributed by atoms with Crippen molar-refractivity contribution in [3.8, 4) is 0 Å². The van der Waals surface area contributed by atoms with Gasteiger partial charge in [-0.3, -0.25) is 9.69 Å². The van der Waals surface area contributed by atoms with Gasteiger partial charge >= 0.3 is 5.97 Å². The largest absolute Gasteiger partial charge is 0.468 e. The third-order valence-electron chi connectivity index (χ3n) is 5.43. The van der Waals surface area contributed by atoms with Crippen LogP contribution >= 0.6 is 0 Å². The maximum atomic E-state index is 14.1. The highest BCUT2D eigenvalue weighted by atomic mass is 19.1. The number of benzene rings is 1. The summed E-state index contributed by atoms with van der Waals surface area (Å²) in [5, 5.41) is 41.0. The van der Waals surface area contributed by atoms with E-state index in [1.54, 1.807) is 0 Å². The Labute approximate surface area is 148 Å². The van der Waals surface area contributed by atoms with Crippen molar-refractivity contribution in [2.45, 2.75) is 55.4 Å². The van der Waals surface area contributed by atoms with Crippen LogP contribution in [0.1, 0.15) is 18.4 Å². The Kier molecular flexibility index (Phi) is 5.02. The van der Waals surface area contributed by atoms with Gasteiger partial charge in [0.05, 0.1) is 13.2 Å². The normalized spacial score (nSPS) is 37.4. The summed E-state index contributed by atoms with van der Waals surface area (Å²) < 4.78 is 32.3. The van der Waals surface area contributed by atoms with E-state index >= 15 is 0 Å². The monoisotopic (exact) mass is 373 g/mol. The van der Waals surface area contributed by atoms with Gasteiger partial charge in [0.1, 0.15) is 35.5 Å². The van der Waals surface area contributed by atoms with Gasteiger partial charge in [-0.15, -0.1) is 0 Å². The minimum Gasteiger partial charge on any atom is -0.468 e. The molecule has 1 aromatic rings. The molecule has 1 aliphatic carbocycles. The summed E-state index contributed by atoms with van der Waals surface area (Å²) in [6.45, 7) is -0.244. The molecule has 0 bridgehead atoms. The van der Waals surface area contributed by atoms with Crippen LogP contribution in [0.5, 0.6) is 0 Å². The Morgan fingerprint density at radius 2 is 2.04 bits per heavy atom. The lowest BCUT2D eigenvalue weighted by Gasteiger charge is -2.45. The second kappa shape index (κ2) is 6.82. The molecule has 0 radical (unpaired) electrons. The van der Waals surface area contributed by atoms with E-state index in [2.05, 4.69) is 0 Å². The third kappa shape index (κ3) is 2.99. The molecule has 9 heteroatoms. The number of rotatable bonds is 3. The molecule has 1 heterocycles. The fourth-order valence-corrected chi connectivity index (χ4v) is 4.04. The summed E-state index contributed by atoms with van der Waals surface area (Å²) in [6, 6.07) is 0.883. The number of carbonyl (C=O) groups excluding carboxylic acids is 1. The summed E-state index contributed by atoms with van der Waals surface area (Å²) in [5.74, 6) is -2.08. The number of halogens is 2. The van der Waals surface area contributed by atoms with E-state index in [-0.39, 0.29) is 24.9 Å². The lowest BCUT2D eigenvalue weighted by Crippen LogP contribution is -2.64. The van der Waals surface area contributed by atoms with Crippen LogP contribution in [0.15, 0.2) is 18.2 Å². The van der Waals surface area contributed by atoms with Crippen molar-refractivity contribution in [3.63, 3.8) is 0 Å². The van der Waals surface area contributed by atoms with Gasteiger partial charge in [0.15, 0.2) is 0 Å². The number of hydrogen-bond donors (Lipinski definition) is 4. The first-order valence-electron chi connectivity index (χ1n) is 8.23. The van der Waals surface area contributed by atoms with Crippen molar-refractivity contribution in [3.05, 3.63) is 35.4 Å². The fourth-order valence-electron chi connectivity index (χ4n) is 4.04. The highest BCUT2D eigenvalue weighted by Crippen LogP contribution is 2.44. The molecule has 7 nitrogen and oxygen atoms in total. The van der Waals surface area contributed by atoms with Gasteiger partial charge in [-0.05, 0) is 24.6 Å². The van der Waals surface area contributed by atoms with Crippen molar-refractivity contribution in [2.75, 3.05) is 7.11 Å². The minimum absolute atomic E-state index is 0.0433. The second-order valence-corrected chi connectivity index (χ2v) is 6.90. The first-order valence-corrected chi connectivity index (χ1v) is 8.23. The molecule has 6 atom stereocenters. The summed E-state index contributed by atoms with van der Waals surface area (Å²) >= 11 is 0. The standard InChI is InChI=1S/C17H21F2NO6/c1-26-16(24)11-6-17(25)13(5-12(21)14(22)15(17)23)20(11)7-8-4-9(18)2-3-10(8)19/h2-4,11-15,21-23,25H,5-7H2,1H3/t11-,12-,13+,14-,15-,17-/m0/s1. The van der Waals surface area contributed by atoms with Crippen molar-refractivity contribution >= 4 is 5.97 Å². The molecule has 3 rings (SSSR count). The SMILES string of the molecule is COC(=O)[C@@H]1C[C@@]2(O)[C@@H](O)[C@@H](O)[C@@H](O)C[C@H]2N1Cc1cc(F)ccc1F. The van der Waals surface area contributed by atoms with Crippen LogP contribution in [0.2, 0.25) is 0 Å². The molecule has 4 N–H and O–H groups in total. The van der Waals surface area contributed by atoms with Crippen LogP contribution in [0.25, 0.3) is 0 Å². The Balaban J connectivity index is 1.99. The number of aliphatic hydroxyl groups excluding tert-OH is 3. The van der Waals surface area contributed by atoms with E-state index in [4.69, 9.17) is 4.74 Å². The number of methoxy groups -OCH3 is 1. The van der Waals surface area contributed by atoms with Gasteiger partial charge in [-0.2, -0.15) is 0 Å². The zero-order valence-electron chi connectivity index (χ0n) is 14.0. The van der Waals surface area contributed by atoms with E-state index in [0.29, 0.717) is 0 Å². The number of nitrogens with zero attached hydrogens (tertiary/aromatic N) is 1. The molecule has 1 aliphatic heterocycles. The molecule has 1 saturated heterocycles. The maximum Gasteiger partial charge on any atom is 0.323 e. The van der Waals surface area contributed by atoms with E-state index < -0.39 is 53.6 Å². The summed E-state index contributed by atoms with van der Waals surface area (Å²) in [5.41, 5.74) is -1.94. The third-order valence-corrected chi connectivity index (χ3v) is 5.43. The van der Waals surface area contributed by atoms with Gasteiger partial charge in [-0.1, -0.05) is 0 Å². The van der Waals surface area contributed by atoms with Crippen molar-refractivity contribution < 1.29 is 38.7 Å². The van der Waals surface area contributed by atoms with E-state index in [9.17, 15) is 34.0 Å². The van der Waals surface area contributed by atoms with E-state index in [1.807, 2.05) is 0 Å². The van der Waals surface area contributed by atoms with Gasteiger partial charge in [-0.25, -0.2) is 8.78 Å². The van der Waals surface area contributed by atoms with Gasteiger partial charge in [0, 0.05) is 24.6 Å². The van der Waals surface area contributed by atoms with Crippen molar-refractivity contribution in [1.82, 2.24) is 4.90 Å². The highest BCUT2D eigenvalue weighted by Gasteiger charge is 2.62. The number of likely N-dealkylation sites (tertiary alicyclic amines) is 1. The minimum atomic E-state index is -1.90. The van der Waals surface area contributed by atoms with Crippen molar-refractivity contribution in [2.24, 2.45) is 0 Å². The highest BCUT2D eigenvalue weighted by molar-refractivity contribution is 5.76. The average Bonchev–Trinajstić information content (AvgIpc) is 2.89. The first kappa shape index (κ1) is 19.1. The van der Waals surface area contributed by atoms with Crippen LogP contribution in [0.4, 0.5) is 8.78 Å². The molecule has 0 aromatic heterocycles. The average molecular weight is 373 g/mol. The molecule has 1 saturated carbocycles. The molecular weight excluding hydrogens is 352 g/mol. The van der Waals surface area contributed by atoms with Crippen LogP contribution in [0.3, 0.4) is 0 Å². The Bertz CT molecular complexity index is 704. The maximum absolute atomic E-state index is 14.1. The number of ether oxygens (including phenoxy) is 1. The molecule has 1 aromatic carbocycles. The lowest BCUT2D eigenvalue weighted by molar-refractivity contribution is -0.197. The van der Waals surface area contributed by atoms with E-state index in [0.717, 1.165) is 25.3 Å². The zero-order chi connectivity index (χ0) is 19.2. The van der Waals surface area contributed by atoms with Crippen molar-refractivity contribution in [1.29, 1.82) is 0 Å². The Morgan fingerprint density at radius 1 is 1.35 bits per heavy atom. The number of fused-ring (bicyclic) bond motifs is 1. The fraction of sp³-hybridized carbons (Fsp3) is 0.588. The second-order valence-electron chi connectivity index (χ2n) is 6.90. The summed E-state index contributed by atoms with van der Waals surface area (Å²) in [7, 11) is 1.15. The molecule has 26 heavy (non-hydrogen) atoms. The molecule has 2 fully saturated rings. The predicted molar refractivity (Wildman–Crippen MR) is 83.7 cm³/mol. The smallest absolute Gasteiger partial charge is 0.323 e. The first-order chi connectivity index (χ1) is 12.2. The number of aliphatic hydroxyl groups is 4. The van der Waals surface area contributed by atoms with Crippen LogP contribution in [-0.2, 0) is 16.1 Å². The Morgan fingerprint density at radius 3 is 2.69 bits per heavy atom. The van der Waals surface area contributed by atoms with Gasteiger partial charge in [0.25, 0.3) is 0 Å². The quantitative estimate of drug-likeness (QED) is 0.519. The molecule has 144 valence electrons. The number of hydrogen-bond acceptors (Lipinski definition) is 7.